The van der Waals surface area contributed by atoms with Crippen molar-refractivity contribution in [3.63, 3.8) is 0 Å². The molecule has 2 rings (SSSR count). The summed E-state index contributed by atoms with van der Waals surface area (Å²) in [5.74, 6) is 3.02. The lowest BCUT2D eigenvalue weighted by atomic mass is 9.67. The number of fused-ring (bicyclic) bond motifs is 1. The number of rotatable bonds is 4. The van der Waals surface area contributed by atoms with E-state index < -0.39 is 0 Å². The molecule has 3 atom stereocenters. The maximum Gasteiger partial charge on any atom is 0.0247 e. The van der Waals surface area contributed by atoms with E-state index in [4.69, 9.17) is 5.73 Å². The minimum Gasteiger partial charge on any atom is -0.329 e. The second-order valence-electron chi connectivity index (χ2n) is 6.95. The first kappa shape index (κ1) is 13.4. The molecule has 0 saturated heterocycles. The molecule has 3 N–H and O–H groups in total. The zero-order chi connectivity index (χ0) is 12.3. The summed E-state index contributed by atoms with van der Waals surface area (Å²) in [5.41, 5.74) is 5.88. The van der Waals surface area contributed by atoms with Crippen molar-refractivity contribution >= 4 is 0 Å². The van der Waals surface area contributed by atoms with Gasteiger partial charge in [-0.15, -0.1) is 0 Å². The highest BCUT2D eigenvalue weighted by Crippen LogP contribution is 2.42. The van der Waals surface area contributed by atoms with Crippen LogP contribution in [0.3, 0.4) is 0 Å². The van der Waals surface area contributed by atoms with Gasteiger partial charge in [-0.2, -0.15) is 0 Å². The van der Waals surface area contributed by atoms with Crippen molar-refractivity contribution in [3.05, 3.63) is 0 Å². The highest BCUT2D eigenvalue weighted by Gasteiger charge is 2.32. The molecule has 100 valence electrons. The van der Waals surface area contributed by atoms with Gasteiger partial charge in [0.25, 0.3) is 0 Å². The van der Waals surface area contributed by atoms with Gasteiger partial charge < -0.3 is 11.1 Å². The second-order valence-corrected chi connectivity index (χ2v) is 6.95. The van der Waals surface area contributed by atoms with Crippen molar-refractivity contribution in [1.82, 2.24) is 5.32 Å². The standard InChI is InChI=1S/C15H30N2/c1-15(2,11-16)17-10-12-7-8-13-5-3-4-6-14(13)9-12/h12-14,17H,3-11,16H2,1-2H3. The van der Waals surface area contributed by atoms with Gasteiger partial charge in [0.2, 0.25) is 0 Å². The van der Waals surface area contributed by atoms with Crippen molar-refractivity contribution in [2.75, 3.05) is 13.1 Å². The van der Waals surface area contributed by atoms with Gasteiger partial charge in [-0.1, -0.05) is 25.7 Å². The van der Waals surface area contributed by atoms with E-state index in [1.807, 2.05) is 0 Å². The van der Waals surface area contributed by atoms with Crippen molar-refractivity contribution in [3.8, 4) is 0 Å². The molecule has 0 bridgehead atoms. The third-order valence-electron chi connectivity index (χ3n) is 5.03. The molecule has 2 saturated carbocycles. The summed E-state index contributed by atoms with van der Waals surface area (Å²) >= 11 is 0. The molecular formula is C15H30N2. The van der Waals surface area contributed by atoms with E-state index in [1.165, 1.54) is 51.5 Å². The quantitative estimate of drug-likeness (QED) is 0.790. The molecule has 0 amide bonds. The second kappa shape index (κ2) is 5.71. The Morgan fingerprint density at radius 1 is 1.06 bits per heavy atom. The Morgan fingerprint density at radius 2 is 1.76 bits per heavy atom. The minimum atomic E-state index is 0.114. The number of hydrogen-bond donors (Lipinski definition) is 2. The lowest BCUT2D eigenvalue weighted by molar-refractivity contribution is 0.124. The first-order chi connectivity index (χ1) is 8.11. The van der Waals surface area contributed by atoms with E-state index in [9.17, 15) is 0 Å². The van der Waals surface area contributed by atoms with Crippen LogP contribution in [0.15, 0.2) is 0 Å². The molecule has 17 heavy (non-hydrogen) atoms. The normalized spacial score (nSPS) is 34.4. The first-order valence-corrected chi connectivity index (χ1v) is 7.56. The summed E-state index contributed by atoms with van der Waals surface area (Å²) in [7, 11) is 0. The molecule has 0 aromatic rings. The highest BCUT2D eigenvalue weighted by molar-refractivity contribution is 4.86. The summed E-state index contributed by atoms with van der Waals surface area (Å²) in [6.45, 7) is 6.32. The lowest BCUT2D eigenvalue weighted by Gasteiger charge is -2.40. The molecule has 2 aliphatic carbocycles. The van der Waals surface area contributed by atoms with Gasteiger partial charge in [0.1, 0.15) is 0 Å². The Labute approximate surface area is 107 Å². The summed E-state index contributed by atoms with van der Waals surface area (Å²) in [6.07, 6.45) is 10.4. The number of hydrogen-bond acceptors (Lipinski definition) is 2. The Hall–Kier alpha value is -0.0800. The van der Waals surface area contributed by atoms with Crippen LogP contribution in [0.25, 0.3) is 0 Å². The van der Waals surface area contributed by atoms with Crippen LogP contribution in [-0.2, 0) is 0 Å². The van der Waals surface area contributed by atoms with Gasteiger partial charge in [0.15, 0.2) is 0 Å². The third-order valence-corrected chi connectivity index (χ3v) is 5.03. The third kappa shape index (κ3) is 3.69. The van der Waals surface area contributed by atoms with Crippen LogP contribution in [0, 0.1) is 17.8 Å². The molecule has 0 heterocycles. The van der Waals surface area contributed by atoms with E-state index in [-0.39, 0.29) is 5.54 Å². The Bertz CT molecular complexity index is 237. The predicted molar refractivity (Wildman–Crippen MR) is 73.9 cm³/mol. The van der Waals surface area contributed by atoms with Crippen LogP contribution in [0.4, 0.5) is 0 Å². The van der Waals surface area contributed by atoms with Gasteiger partial charge in [0.05, 0.1) is 0 Å². The van der Waals surface area contributed by atoms with Crippen molar-refractivity contribution in [1.29, 1.82) is 0 Å². The monoisotopic (exact) mass is 238 g/mol. The fourth-order valence-corrected chi connectivity index (χ4v) is 3.65. The molecule has 2 aliphatic rings. The fourth-order valence-electron chi connectivity index (χ4n) is 3.65. The summed E-state index contributed by atoms with van der Waals surface area (Å²) < 4.78 is 0. The van der Waals surface area contributed by atoms with Crippen LogP contribution in [0.5, 0.6) is 0 Å². The topological polar surface area (TPSA) is 38.0 Å². The van der Waals surface area contributed by atoms with Crippen LogP contribution < -0.4 is 11.1 Å². The lowest BCUT2D eigenvalue weighted by Crippen LogP contribution is -2.48. The van der Waals surface area contributed by atoms with Gasteiger partial charge in [-0.3, -0.25) is 0 Å². The van der Waals surface area contributed by atoms with Crippen LogP contribution in [0.2, 0.25) is 0 Å². The maximum absolute atomic E-state index is 5.77. The molecule has 2 heteroatoms. The molecule has 0 spiro atoms. The van der Waals surface area contributed by atoms with E-state index in [0.717, 1.165) is 24.3 Å². The molecule has 2 nitrogen and oxygen atoms in total. The number of nitrogens with two attached hydrogens (primary N) is 1. The average molecular weight is 238 g/mol. The minimum absolute atomic E-state index is 0.114. The molecule has 0 aliphatic heterocycles. The summed E-state index contributed by atoms with van der Waals surface area (Å²) in [5, 5.41) is 3.65. The van der Waals surface area contributed by atoms with Crippen molar-refractivity contribution in [2.45, 2.75) is 64.3 Å². The van der Waals surface area contributed by atoms with Crippen LogP contribution in [0.1, 0.15) is 58.8 Å². The van der Waals surface area contributed by atoms with E-state index >= 15 is 0 Å². The Kier molecular flexibility index (Phi) is 4.48. The van der Waals surface area contributed by atoms with E-state index in [1.54, 1.807) is 0 Å². The smallest absolute Gasteiger partial charge is 0.0247 e. The van der Waals surface area contributed by atoms with Crippen LogP contribution >= 0.6 is 0 Å². The van der Waals surface area contributed by atoms with Gasteiger partial charge in [-0.05, 0) is 57.4 Å². The molecule has 0 radical (unpaired) electrons. The largest absolute Gasteiger partial charge is 0.329 e. The van der Waals surface area contributed by atoms with E-state index in [0.29, 0.717) is 0 Å². The molecular weight excluding hydrogens is 208 g/mol. The predicted octanol–water partition coefficient (Wildman–Crippen LogP) is 2.92. The number of nitrogens with one attached hydrogen (secondary N) is 1. The Balaban J connectivity index is 1.76. The van der Waals surface area contributed by atoms with Crippen molar-refractivity contribution in [2.24, 2.45) is 23.5 Å². The maximum atomic E-state index is 5.77. The van der Waals surface area contributed by atoms with Gasteiger partial charge in [0, 0.05) is 12.1 Å². The zero-order valence-electron chi connectivity index (χ0n) is 11.7. The van der Waals surface area contributed by atoms with Gasteiger partial charge >= 0.3 is 0 Å². The van der Waals surface area contributed by atoms with Gasteiger partial charge in [-0.25, -0.2) is 0 Å². The molecule has 2 fully saturated rings. The fraction of sp³-hybridized carbons (Fsp3) is 1.00. The SMILES string of the molecule is CC(C)(CN)NCC1CCC2CCCCC2C1. The Morgan fingerprint density at radius 3 is 2.47 bits per heavy atom. The highest BCUT2D eigenvalue weighted by atomic mass is 15.0. The van der Waals surface area contributed by atoms with Crippen molar-refractivity contribution < 1.29 is 0 Å². The van der Waals surface area contributed by atoms with E-state index in [2.05, 4.69) is 19.2 Å². The molecule has 0 aromatic carbocycles. The summed E-state index contributed by atoms with van der Waals surface area (Å²) in [4.78, 5) is 0. The average Bonchev–Trinajstić information content (AvgIpc) is 2.36. The van der Waals surface area contributed by atoms with Crippen LogP contribution in [-0.4, -0.2) is 18.6 Å². The summed E-state index contributed by atoms with van der Waals surface area (Å²) in [6, 6.07) is 0. The molecule has 3 unspecified atom stereocenters. The molecule has 0 aromatic heterocycles. The zero-order valence-corrected chi connectivity index (χ0v) is 11.7. The first-order valence-electron chi connectivity index (χ1n) is 7.56.